The molecule has 0 aliphatic heterocycles. The van der Waals surface area contributed by atoms with Gasteiger partial charge in [0, 0.05) is 6.54 Å². The van der Waals surface area contributed by atoms with E-state index in [1.807, 2.05) is 30.3 Å². The third-order valence-corrected chi connectivity index (χ3v) is 3.68. The number of nitrogens with one attached hydrogen (secondary N) is 2. The standard InChI is InChI=1S/C19H22N2O5/c1-2-26-19(24)16(10-14-6-4-3-5-7-14)11-20-17(22)12-21-18(23)15-8-9-25-13-15/h3-9,13,16H,2,10-12H2,1H3,(H,20,22)(H,21,23)/t16-/m1/s1. The van der Waals surface area contributed by atoms with E-state index >= 15 is 0 Å². The van der Waals surface area contributed by atoms with Crippen LogP contribution in [0.4, 0.5) is 0 Å². The molecule has 1 aromatic heterocycles. The van der Waals surface area contributed by atoms with Gasteiger partial charge in [-0.25, -0.2) is 0 Å². The molecule has 0 spiro atoms. The Hall–Kier alpha value is -3.09. The van der Waals surface area contributed by atoms with Gasteiger partial charge in [0.25, 0.3) is 5.91 Å². The number of amides is 2. The summed E-state index contributed by atoms with van der Waals surface area (Å²) in [6.07, 6.45) is 3.13. The van der Waals surface area contributed by atoms with E-state index in [0.29, 0.717) is 12.0 Å². The largest absolute Gasteiger partial charge is 0.472 e. The number of esters is 1. The first kappa shape index (κ1) is 19.2. The second kappa shape index (κ2) is 10.0. The molecule has 7 nitrogen and oxygen atoms in total. The van der Waals surface area contributed by atoms with Crippen LogP contribution in [0.15, 0.2) is 53.3 Å². The van der Waals surface area contributed by atoms with E-state index in [9.17, 15) is 14.4 Å². The SMILES string of the molecule is CCOC(=O)[C@@H](CNC(=O)CNC(=O)c1ccoc1)Cc1ccccc1. The van der Waals surface area contributed by atoms with Gasteiger partial charge in [0.05, 0.1) is 30.9 Å². The molecule has 0 radical (unpaired) electrons. The first-order valence-corrected chi connectivity index (χ1v) is 8.37. The molecule has 1 aromatic carbocycles. The Balaban J connectivity index is 1.84. The number of ether oxygens (including phenoxy) is 1. The first-order valence-electron chi connectivity index (χ1n) is 8.37. The highest BCUT2D eigenvalue weighted by Crippen LogP contribution is 2.10. The van der Waals surface area contributed by atoms with Crippen molar-refractivity contribution < 1.29 is 23.5 Å². The molecule has 0 bridgehead atoms. The number of carbonyl (C=O) groups excluding carboxylic acids is 3. The highest BCUT2D eigenvalue weighted by Gasteiger charge is 2.21. The third kappa shape index (κ3) is 6.08. The maximum absolute atomic E-state index is 12.1. The van der Waals surface area contributed by atoms with Gasteiger partial charge in [0.1, 0.15) is 6.26 Å². The smallest absolute Gasteiger partial charge is 0.311 e. The van der Waals surface area contributed by atoms with Crippen molar-refractivity contribution in [2.75, 3.05) is 19.7 Å². The normalized spacial score (nSPS) is 11.4. The predicted molar refractivity (Wildman–Crippen MR) is 94.3 cm³/mol. The fourth-order valence-electron chi connectivity index (χ4n) is 2.35. The fraction of sp³-hybridized carbons (Fsp3) is 0.316. The van der Waals surface area contributed by atoms with Crippen LogP contribution >= 0.6 is 0 Å². The van der Waals surface area contributed by atoms with Crippen LogP contribution in [0.5, 0.6) is 0 Å². The van der Waals surface area contributed by atoms with Crippen LogP contribution in [0.2, 0.25) is 0 Å². The van der Waals surface area contributed by atoms with Crippen molar-refractivity contribution in [2.45, 2.75) is 13.3 Å². The van der Waals surface area contributed by atoms with E-state index < -0.39 is 11.8 Å². The van der Waals surface area contributed by atoms with Gasteiger partial charge in [-0.1, -0.05) is 30.3 Å². The lowest BCUT2D eigenvalue weighted by Crippen LogP contribution is -2.41. The average Bonchev–Trinajstić information content (AvgIpc) is 3.19. The number of furan rings is 1. The molecule has 0 saturated heterocycles. The van der Waals surface area contributed by atoms with E-state index in [2.05, 4.69) is 10.6 Å². The highest BCUT2D eigenvalue weighted by molar-refractivity contribution is 5.96. The Labute approximate surface area is 151 Å². The molecule has 1 atom stereocenters. The van der Waals surface area contributed by atoms with Crippen LogP contribution in [0, 0.1) is 5.92 Å². The topological polar surface area (TPSA) is 97.6 Å². The maximum Gasteiger partial charge on any atom is 0.311 e. The Kier molecular flexibility index (Phi) is 7.42. The van der Waals surface area contributed by atoms with Crippen LogP contribution in [0.25, 0.3) is 0 Å². The fourth-order valence-corrected chi connectivity index (χ4v) is 2.35. The molecular formula is C19H22N2O5. The quantitative estimate of drug-likeness (QED) is 0.663. The first-order chi connectivity index (χ1) is 12.6. The molecular weight excluding hydrogens is 336 g/mol. The van der Waals surface area contributed by atoms with Gasteiger partial charge in [0.15, 0.2) is 0 Å². The summed E-state index contributed by atoms with van der Waals surface area (Å²) in [4.78, 5) is 35.8. The molecule has 7 heteroatoms. The zero-order valence-corrected chi connectivity index (χ0v) is 14.6. The molecule has 0 fully saturated rings. The van der Waals surface area contributed by atoms with Gasteiger partial charge in [-0.2, -0.15) is 0 Å². The molecule has 1 heterocycles. The minimum absolute atomic E-state index is 0.133. The lowest BCUT2D eigenvalue weighted by atomic mass is 9.99. The summed E-state index contributed by atoms with van der Waals surface area (Å²) in [5.41, 5.74) is 1.32. The molecule has 2 amide bonds. The summed E-state index contributed by atoms with van der Waals surface area (Å²) < 4.78 is 9.90. The van der Waals surface area contributed by atoms with Gasteiger partial charge < -0.3 is 19.8 Å². The lowest BCUT2D eigenvalue weighted by molar-refractivity contribution is -0.147. The van der Waals surface area contributed by atoms with Crippen molar-refractivity contribution in [3.63, 3.8) is 0 Å². The summed E-state index contributed by atoms with van der Waals surface area (Å²) in [5.74, 6) is -1.64. The van der Waals surface area contributed by atoms with Gasteiger partial charge >= 0.3 is 5.97 Å². The molecule has 0 aliphatic rings. The number of hydrogen-bond acceptors (Lipinski definition) is 5. The summed E-state index contributed by atoms with van der Waals surface area (Å²) in [5, 5.41) is 5.15. The van der Waals surface area contributed by atoms with Crippen LogP contribution < -0.4 is 10.6 Å². The Bertz CT molecular complexity index is 713. The average molecular weight is 358 g/mol. The monoisotopic (exact) mass is 358 g/mol. The summed E-state index contributed by atoms with van der Waals surface area (Å²) in [7, 11) is 0. The van der Waals surface area contributed by atoms with Crippen LogP contribution in [0.1, 0.15) is 22.8 Å². The summed E-state index contributed by atoms with van der Waals surface area (Å²) >= 11 is 0. The van der Waals surface area contributed by atoms with Gasteiger partial charge in [0.2, 0.25) is 5.91 Å². The molecule has 2 rings (SSSR count). The number of benzene rings is 1. The third-order valence-electron chi connectivity index (χ3n) is 3.68. The van der Waals surface area contributed by atoms with Crippen LogP contribution in [-0.2, 0) is 20.7 Å². The van der Waals surface area contributed by atoms with E-state index in [1.54, 1.807) is 6.92 Å². The minimum atomic E-state index is -0.495. The summed E-state index contributed by atoms with van der Waals surface area (Å²) in [6, 6.07) is 11.0. The molecule has 0 aliphatic carbocycles. The van der Waals surface area contributed by atoms with Gasteiger partial charge in [-0.15, -0.1) is 0 Å². The van der Waals surface area contributed by atoms with Crippen molar-refractivity contribution in [1.82, 2.24) is 10.6 Å². The molecule has 0 saturated carbocycles. The number of rotatable bonds is 9. The second-order valence-electron chi connectivity index (χ2n) is 5.64. The molecule has 2 N–H and O–H groups in total. The van der Waals surface area contributed by atoms with Gasteiger partial charge in [-0.05, 0) is 25.0 Å². The zero-order chi connectivity index (χ0) is 18.8. The van der Waals surface area contributed by atoms with E-state index in [1.165, 1.54) is 18.6 Å². The van der Waals surface area contributed by atoms with Crippen molar-refractivity contribution in [3.05, 3.63) is 60.1 Å². The molecule has 138 valence electrons. The van der Waals surface area contributed by atoms with Crippen molar-refractivity contribution in [3.8, 4) is 0 Å². The zero-order valence-electron chi connectivity index (χ0n) is 14.6. The minimum Gasteiger partial charge on any atom is -0.472 e. The van der Waals surface area contributed by atoms with Gasteiger partial charge in [-0.3, -0.25) is 14.4 Å². The molecule has 26 heavy (non-hydrogen) atoms. The highest BCUT2D eigenvalue weighted by atomic mass is 16.5. The number of hydrogen-bond donors (Lipinski definition) is 2. The Morgan fingerprint density at radius 3 is 2.54 bits per heavy atom. The maximum atomic E-state index is 12.1. The van der Waals surface area contributed by atoms with Crippen molar-refractivity contribution >= 4 is 17.8 Å². The van der Waals surface area contributed by atoms with Crippen LogP contribution in [0.3, 0.4) is 0 Å². The van der Waals surface area contributed by atoms with Crippen LogP contribution in [-0.4, -0.2) is 37.5 Å². The second-order valence-corrected chi connectivity index (χ2v) is 5.64. The summed E-state index contributed by atoms with van der Waals surface area (Å²) in [6.45, 7) is 1.96. The Morgan fingerprint density at radius 1 is 1.12 bits per heavy atom. The lowest BCUT2D eigenvalue weighted by Gasteiger charge is -2.16. The van der Waals surface area contributed by atoms with Crippen molar-refractivity contribution in [2.24, 2.45) is 5.92 Å². The van der Waals surface area contributed by atoms with E-state index in [-0.39, 0.29) is 31.6 Å². The molecule has 0 unspecified atom stereocenters. The van der Waals surface area contributed by atoms with Crippen molar-refractivity contribution in [1.29, 1.82) is 0 Å². The number of carbonyl (C=O) groups is 3. The molecule has 2 aromatic rings. The predicted octanol–water partition coefficient (Wildman–Crippen LogP) is 1.55. The Morgan fingerprint density at radius 2 is 1.88 bits per heavy atom. The van der Waals surface area contributed by atoms with E-state index in [4.69, 9.17) is 9.15 Å². The van der Waals surface area contributed by atoms with E-state index in [0.717, 1.165) is 5.56 Å².